The number of unbranched alkanes of at least 4 members (excludes halogenated alkanes) is 34. The van der Waals surface area contributed by atoms with Gasteiger partial charge in [0.25, 0.3) is 0 Å². The van der Waals surface area contributed by atoms with Crippen LogP contribution in [0.25, 0.3) is 0 Å². The molecular formula is C58H106O6. The lowest BCUT2D eigenvalue weighted by molar-refractivity contribution is -0.167. The van der Waals surface area contributed by atoms with Gasteiger partial charge < -0.3 is 14.2 Å². The standard InChI is InChI=1S/C58H106O6/c1-4-7-10-13-16-18-20-22-23-24-25-26-27-28-29-30-31-32-33-34-35-37-38-40-42-45-48-51-57(60)63-54-55(53-62-56(59)50-47-44-15-12-9-6-3)64-58(61)52-49-46-43-41-39-36-21-19-17-14-11-8-5-2/h20,22,24-25,27-28,55H,4-19,21,23,26,29-54H2,1-3H3/b22-20-,25-24-,28-27-. The Morgan fingerprint density at radius 3 is 0.875 bits per heavy atom. The Balaban J connectivity index is 4.05. The third-order valence-electron chi connectivity index (χ3n) is 12.4. The highest BCUT2D eigenvalue weighted by Crippen LogP contribution is 2.16. The minimum absolute atomic E-state index is 0.0693. The summed E-state index contributed by atoms with van der Waals surface area (Å²) in [4.78, 5) is 37.8. The third kappa shape index (κ3) is 50.6. The zero-order chi connectivity index (χ0) is 46.5. The molecule has 0 fully saturated rings. The Hall–Kier alpha value is -2.37. The minimum Gasteiger partial charge on any atom is -0.462 e. The SMILES string of the molecule is CCCCCCC/C=C\C/C=C\C/C=C\CCCCCCCCCCCCCCC(=O)OCC(COC(=O)CCCCCCCC)OC(=O)CCCCCCCCCCCCCCC. The quantitative estimate of drug-likeness (QED) is 0.0262. The lowest BCUT2D eigenvalue weighted by atomic mass is 10.0. The van der Waals surface area contributed by atoms with E-state index in [1.165, 1.54) is 186 Å². The molecule has 0 saturated heterocycles. The maximum atomic E-state index is 12.7. The van der Waals surface area contributed by atoms with Gasteiger partial charge in [0.05, 0.1) is 0 Å². The predicted molar refractivity (Wildman–Crippen MR) is 275 cm³/mol. The van der Waals surface area contributed by atoms with Crippen LogP contribution in [0.5, 0.6) is 0 Å². The maximum absolute atomic E-state index is 12.7. The van der Waals surface area contributed by atoms with Crippen LogP contribution in [0.4, 0.5) is 0 Å². The second-order valence-corrected chi connectivity index (χ2v) is 18.9. The van der Waals surface area contributed by atoms with Gasteiger partial charge in [-0.3, -0.25) is 14.4 Å². The highest BCUT2D eigenvalue weighted by atomic mass is 16.6. The van der Waals surface area contributed by atoms with Crippen LogP contribution in [0.2, 0.25) is 0 Å². The molecule has 6 heteroatoms. The number of carbonyl (C=O) groups is 3. The van der Waals surface area contributed by atoms with Crippen LogP contribution in [0.1, 0.15) is 297 Å². The van der Waals surface area contributed by atoms with Crippen molar-refractivity contribution in [3.8, 4) is 0 Å². The van der Waals surface area contributed by atoms with E-state index < -0.39 is 6.10 Å². The Morgan fingerprint density at radius 2 is 0.562 bits per heavy atom. The van der Waals surface area contributed by atoms with E-state index in [4.69, 9.17) is 14.2 Å². The lowest BCUT2D eigenvalue weighted by Crippen LogP contribution is -2.30. The van der Waals surface area contributed by atoms with Crippen molar-refractivity contribution in [1.82, 2.24) is 0 Å². The summed E-state index contributed by atoms with van der Waals surface area (Å²) in [7, 11) is 0. The van der Waals surface area contributed by atoms with Gasteiger partial charge in [-0.2, -0.15) is 0 Å². The molecule has 0 amide bonds. The second kappa shape index (κ2) is 53.2. The topological polar surface area (TPSA) is 78.9 Å². The first kappa shape index (κ1) is 61.6. The van der Waals surface area contributed by atoms with Crippen LogP contribution in [0.3, 0.4) is 0 Å². The predicted octanol–water partition coefficient (Wildman–Crippen LogP) is 18.5. The van der Waals surface area contributed by atoms with E-state index in [2.05, 4.69) is 57.2 Å². The number of allylic oxidation sites excluding steroid dienone is 6. The van der Waals surface area contributed by atoms with Gasteiger partial charge in [-0.1, -0.05) is 256 Å². The summed E-state index contributed by atoms with van der Waals surface area (Å²) in [5.74, 6) is -0.868. The Kier molecular flexibility index (Phi) is 51.3. The van der Waals surface area contributed by atoms with Crippen molar-refractivity contribution in [3.05, 3.63) is 36.5 Å². The molecule has 0 aromatic rings. The summed E-state index contributed by atoms with van der Waals surface area (Å²) >= 11 is 0. The molecule has 0 aliphatic carbocycles. The van der Waals surface area contributed by atoms with Crippen LogP contribution in [0, 0.1) is 0 Å². The molecule has 0 spiro atoms. The average molecular weight is 899 g/mol. The molecule has 374 valence electrons. The van der Waals surface area contributed by atoms with Crippen molar-refractivity contribution in [1.29, 1.82) is 0 Å². The van der Waals surface area contributed by atoms with E-state index in [0.29, 0.717) is 19.3 Å². The van der Waals surface area contributed by atoms with Gasteiger partial charge in [0.15, 0.2) is 6.10 Å². The first-order valence-electron chi connectivity index (χ1n) is 28.0. The molecule has 0 saturated carbocycles. The summed E-state index contributed by atoms with van der Waals surface area (Å²) in [6.45, 7) is 6.59. The minimum atomic E-state index is -0.765. The summed E-state index contributed by atoms with van der Waals surface area (Å²) in [6, 6.07) is 0. The molecule has 6 nitrogen and oxygen atoms in total. The van der Waals surface area contributed by atoms with Crippen molar-refractivity contribution in [3.63, 3.8) is 0 Å². The zero-order valence-electron chi connectivity index (χ0n) is 42.8. The molecule has 0 bridgehead atoms. The number of hydrogen-bond donors (Lipinski definition) is 0. The van der Waals surface area contributed by atoms with Gasteiger partial charge in [-0.05, 0) is 57.8 Å². The summed E-state index contributed by atoms with van der Waals surface area (Å²) < 4.78 is 16.7. The van der Waals surface area contributed by atoms with Crippen molar-refractivity contribution >= 4 is 17.9 Å². The van der Waals surface area contributed by atoms with Gasteiger partial charge >= 0.3 is 17.9 Å². The van der Waals surface area contributed by atoms with Crippen molar-refractivity contribution in [2.75, 3.05) is 13.2 Å². The van der Waals surface area contributed by atoms with Gasteiger partial charge in [0, 0.05) is 19.3 Å². The van der Waals surface area contributed by atoms with Crippen molar-refractivity contribution in [2.45, 2.75) is 303 Å². The molecular weight excluding hydrogens is 793 g/mol. The van der Waals surface area contributed by atoms with Gasteiger partial charge in [0.1, 0.15) is 13.2 Å². The van der Waals surface area contributed by atoms with Crippen LogP contribution < -0.4 is 0 Å². The largest absolute Gasteiger partial charge is 0.462 e. The van der Waals surface area contributed by atoms with Crippen LogP contribution in [0.15, 0.2) is 36.5 Å². The van der Waals surface area contributed by atoms with Crippen molar-refractivity contribution < 1.29 is 28.6 Å². The average Bonchev–Trinajstić information content (AvgIpc) is 3.29. The number of hydrogen-bond acceptors (Lipinski definition) is 6. The summed E-state index contributed by atoms with van der Waals surface area (Å²) in [6.07, 6.45) is 63.1. The van der Waals surface area contributed by atoms with E-state index in [1.54, 1.807) is 0 Å². The molecule has 1 atom stereocenters. The van der Waals surface area contributed by atoms with E-state index in [9.17, 15) is 14.4 Å². The Bertz CT molecular complexity index is 1080. The molecule has 0 aromatic heterocycles. The molecule has 1 unspecified atom stereocenters. The first-order chi connectivity index (χ1) is 31.5. The molecule has 0 aliphatic rings. The lowest BCUT2D eigenvalue weighted by Gasteiger charge is -2.18. The van der Waals surface area contributed by atoms with Crippen LogP contribution >= 0.6 is 0 Å². The molecule has 64 heavy (non-hydrogen) atoms. The smallest absolute Gasteiger partial charge is 0.306 e. The van der Waals surface area contributed by atoms with E-state index in [0.717, 1.165) is 70.6 Å². The Morgan fingerprint density at radius 1 is 0.312 bits per heavy atom. The van der Waals surface area contributed by atoms with Gasteiger partial charge in [0.2, 0.25) is 0 Å². The van der Waals surface area contributed by atoms with Gasteiger partial charge in [-0.15, -0.1) is 0 Å². The Labute approximate surface area is 397 Å². The monoisotopic (exact) mass is 899 g/mol. The molecule has 0 rings (SSSR count). The highest BCUT2D eigenvalue weighted by molar-refractivity contribution is 5.71. The van der Waals surface area contributed by atoms with E-state index in [-0.39, 0.29) is 31.1 Å². The van der Waals surface area contributed by atoms with E-state index >= 15 is 0 Å². The highest BCUT2D eigenvalue weighted by Gasteiger charge is 2.19. The molecule has 0 aromatic carbocycles. The fourth-order valence-electron chi connectivity index (χ4n) is 8.16. The molecule has 0 radical (unpaired) electrons. The summed E-state index contributed by atoms with van der Waals surface area (Å²) in [5.41, 5.74) is 0. The number of ether oxygens (including phenoxy) is 3. The number of rotatable bonds is 51. The first-order valence-corrected chi connectivity index (χ1v) is 28.0. The fourth-order valence-corrected chi connectivity index (χ4v) is 8.16. The zero-order valence-corrected chi connectivity index (χ0v) is 42.8. The maximum Gasteiger partial charge on any atom is 0.306 e. The van der Waals surface area contributed by atoms with Crippen LogP contribution in [-0.2, 0) is 28.6 Å². The molecule has 0 aliphatic heterocycles. The number of esters is 3. The third-order valence-corrected chi connectivity index (χ3v) is 12.4. The number of carbonyl (C=O) groups excluding carboxylic acids is 3. The second-order valence-electron chi connectivity index (χ2n) is 18.9. The van der Waals surface area contributed by atoms with Gasteiger partial charge in [-0.25, -0.2) is 0 Å². The van der Waals surface area contributed by atoms with E-state index in [1.807, 2.05) is 0 Å². The summed E-state index contributed by atoms with van der Waals surface area (Å²) in [5, 5.41) is 0. The molecule has 0 N–H and O–H groups in total. The van der Waals surface area contributed by atoms with Crippen molar-refractivity contribution in [2.24, 2.45) is 0 Å². The fraction of sp³-hybridized carbons (Fsp3) is 0.845. The van der Waals surface area contributed by atoms with Crippen LogP contribution in [-0.4, -0.2) is 37.2 Å². The molecule has 0 heterocycles. The normalized spacial score (nSPS) is 12.2.